The van der Waals surface area contributed by atoms with Crippen LogP contribution in [0.2, 0.25) is 10.0 Å². The highest BCUT2D eigenvalue weighted by molar-refractivity contribution is 6.31. The number of nitrogens with one attached hydrogen (secondary N) is 1. The van der Waals surface area contributed by atoms with Crippen LogP contribution in [-0.2, 0) is 4.79 Å². The molecule has 0 spiro atoms. The number of hydrogen-bond acceptors (Lipinski definition) is 3. The molecule has 0 atom stereocenters. The number of benzene rings is 2. The Hall–Kier alpha value is -2.43. The molecule has 0 fully saturated rings. The molecule has 0 bridgehead atoms. The van der Waals surface area contributed by atoms with Gasteiger partial charge in [-0.25, -0.2) is 0 Å². The lowest BCUT2D eigenvalue weighted by Crippen LogP contribution is -2.10. The number of ether oxygens (including phenoxy) is 2. The number of carbonyl (C=O) groups excluding carboxylic acids is 1. The lowest BCUT2D eigenvalue weighted by Gasteiger charge is -2.16. The zero-order chi connectivity index (χ0) is 17.8. The Balaban J connectivity index is 1.72. The third-order valence-corrected chi connectivity index (χ3v) is 4.05. The minimum atomic E-state index is -0.293. The maximum absolute atomic E-state index is 12.1. The fourth-order valence-corrected chi connectivity index (χ4v) is 2.75. The zero-order valence-corrected chi connectivity index (χ0v) is 14.9. The van der Waals surface area contributed by atoms with Crippen molar-refractivity contribution in [2.24, 2.45) is 0 Å². The Morgan fingerprint density at radius 3 is 2.76 bits per heavy atom. The van der Waals surface area contributed by atoms with E-state index in [4.69, 9.17) is 32.7 Å². The van der Waals surface area contributed by atoms with Crippen molar-refractivity contribution in [3.05, 3.63) is 69.7 Å². The van der Waals surface area contributed by atoms with Crippen molar-refractivity contribution in [1.82, 2.24) is 0 Å². The second-order valence-electron chi connectivity index (χ2n) is 5.36. The van der Waals surface area contributed by atoms with E-state index in [1.807, 2.05) is 18.2 Å². The van der Waals surface area contributed by atoms with Gasteiger partial charge in [0, 0.05) is 21.7 Å². The molecule has 2 aromatic carbocycles. The molecule has 1 amide bonds. The highest BCUT2D eigenvalue weighted by Gasteiger charge is 2.11. The number of anilines is 1. The molecule has 0 radical (unpaired) electrons. The Kier molecular flexibility index (Phi) is 5.31. The Morgan fingerprint density at radius 2 is 1.96 bits per heavy atom. The molecule has 4 nitrogen and oxygen atoms in total. The summed E-state index contributed by atoms with van der Waals surface area (Å²) in [7, 11) is 1.53. The fourth-order valence-electron chi connectivity index (χ4n) is 2.40. The normalized spacial score (nSPS) is 13.0. The van der Waals surface area contributed by atoms with Crippen molar-refractivity contribution in [3.63, 3.8) is 0 Å². The standard InChI is InChI=1S/C19H15Cl2NO3/c1-24-18-6-4-15(21)10-16(18)22-19(23)7-2-12-8-13-9-14(20)3-5-17(13)25-11-12/h2-10H,11H2,1H3,(H,22,23)/b7-2+. The molecule has 128 valence electrons. The van der Waals surface area contributed by atoms with Gasteiger partial charge in [-0.2, -0.15) is 0 Å². The lowest BCUT2D eigenvalue weighted by molar-refractivity contribution is -0.111. The SMILES string of the molecule is COc1ccc(Cl)cc1NC(=O)/C=C/C1=Cc2cc(Cl)ccc2OC1. The van der Waals surface area contributed by atoms with E-state index >= 15 is 0 Å². The van der Waals surface area contributed by atoms with Gasteiger partial charge >= 0.3 is 0 Å². The first-order valence-electron chi connectivity index (χ1n) is 7.50. The predicted octanol–water partition coefficient (Wildman–Crippen LogP) is 4.97. The summed E-state index contributed by atoms with van der Waals surface area (Å²) < 4.78 is 10.9. The number of methoxy groups -OCH3 is 1. The van der Waals surface area contributed by atoms with Gasteiger partial charge in [-0.15, -0.1) is 0 Å². The molecule has 3 rings (SSSR count). The summed E-state index contributed by atoms with van der Waals surface area (Å²) in [6, 6.07) is 10.4. The molecule has 0 saturated heterocycles. The minimum absolute atomic E-state index is 0.293. The first kappa shape index (κ1) is 17.4. The molecule has 0 unspecified atom stereocenters. The third kappa shape index (κ3) is 4.35. The molecule has 1 aliphatic rings. The number of rotatable bonds is 4. The molecule has 0 aromatic heterocycles. The van der Waals surface area contributed by atoms with Gasteiger partial charge in [0.15, 0.2) is 0 Å². The molecule has 1 aliphatic heterocycles. The summed E-state index contributed by atoms with van der Waals surface area (Å²) in [5.74, 6) is 1.02. The van der Waals surface area contributed by atoms with Crippen molar-refractivity contribution in [1.29, 1.82) is 0 Å². The van der Waals surface area contributed by atoms with Gasteiger partial charge in [-0.1, -0.05) is 29.3 Å². The van der Waals surface area contributed by atoms with E-state index in [-0.39, 0.29) is 5.91 Å². The number of hydrogen-bond donors (Lipinski definition) is 1. The maximum Gasteiger partial charge on any atom is 0.248 e. The zero-order valence-electron chi connectivity index (χ0n) is 13.4. The summed E-state index contributed by atoms with van der Waals surface area (Å²) >= 11 is 11.9. The molecule has 2 aromatic rings. The second-order valence-corrected chi connectivity index (χ2v) is 6.23. The Bertz CT molecular complexity index is 875. The summed E-state index contributed by atoms with van der Waals surface area (Å²) in [6.07, 6.45) is 5.08. The van der Waals surface area contributed by atoms with Crippen LogP contribution in [0.1, 0.15) is 5.56 Å². The highest BCUT2D eigenvalue weighted by atomic mass is 35.5. The first-order valence-corrected chi connectivity index (χ1v) is 8.26. The van der Waals surface area contributed by atoms with Crippen molar-refractivity contribution < 1.29 is 14.3 Å². The van der Waals surface area contributed by atoms with Gasteiger partial charge in [-0.3, -0.25) is 4.79 Å². The largest absolute Gasteiger partial charge is 0.495 e. The molecule has 25 heavy (non-hydrogen) atoms. The molecule has 1 N–H and O–H groups in total. The van der Waals surface area contributed by atoms with Gasteiger partial charge in [0.1, 0.15) is 18.1 Å². The number of fused-ring (bicyclic) bond motifs is 1. The van der Waals surface area contributed by atoms with Crippen LogP contribution in [0.3, 0.4) is 0 Å². The second kappa shape index (κ2) is 7.64. The maximum atomic E-state index is 12.1. The van der Waals surface area contributed by atoms with Crippen LogP contribution in [0, 0.1) is 0 Å². The van der Waals surface area contributed by atoms with Crippen molar-refractivity contribution in [2.45, 2.75) is 0 Å². The van der Waals surface area contributed by atoms with E-state index in [0.717, 1.165) is 16.9 Å². The van der Waals surface area contributed by atoms with Gasteiger partial charge in [0.25, 0.3) is 0 Å². The van der Waals surface area contributed by atoms with Crippen LogP contribution in [-0.4, -0.2) is 19.6 Å². The quantitative estimate of drug-likeness (QED) is 0.767. The summed E-state index contributed by atoms with van der Waals surface area (Å²) in [6.45, 7) is 0.388. The number of carbonyl (C=O) groups is 1. The summed E-state index contributed by atoms with van der Waals surface area (Å²) in [5.41, 5.74) is 2.26. The van der Waals surface area contributed by atoms with Gasteiger partial charge in [0.2, 0.25) is 5.91 Å². The molecule has 1 heterocycles. The first-order chi connectivity index (χ1) is 12.0. The number of halogens is 2. The van der Waals surface area contributed by atoms with E-state index < -0.39 is 0 Å². The van der Waals surface area contributed by atoms with Crippen molar-refractivity contribution in [3.8, 4) is 11.5 Å². The minimum Gasteiger partial charge on any atom is -0.495 e. The van der Waals surface area contributed by atoms with E-state index in [1.54, 1.807) is 30.3 Å². The van der Waals surface area contributed by atoms with Gasteiger partial charge < -0.3 is 14.8 Å². The van der Waals surface area contributed by atoms with Crippen LogP contribution >= 0.6 is 23.2 Å². The molecule has 0 aliphatic carbocycles. The van der Waals surface area contributed by atoms with Crippen LogP contribution in [0.4, 0.5) is 5.69 Å². The van der Waals surface area contributed by atoms with Gasteiger partial charge in [-0.05, 0) is 48.0 Å². The lowest BCUT2D eigenvalue weighted by atomic mass is 10.1. The van der Waals surface area contributed by atoms with Crippen LogP contribution in [0.15, 0.2) is 54.1 Å². The Labute approximate surface area is 155 Å². The number of amides is 1. The molecule has 0 saturated carbocycles. The predicted molar refractivity (Wildman–Crippen MR) is 101 cm³/mol. The molecular weight excluding hydrogens is 361 g/mol. The average molecular weight is 376 g/mol. The molecular formula is C19H15Cl2NO3. The van der Waals surface area contributed by atoms with Crippen molar-refractivity contribution >= 4 is 40.9 Å². The van der Waals surface area contributed by atoms with Gasteiger partial charge in [0.05, 0.1) is 12.8 Å². The average Bonchev–Trinajstić information content (AvgIpc) is 2.60. The van der Waals surface area contributed by atoms with Crippen molar-refractivity contribution in [2.75, 3.05) is 19.0 Å². The summed E-state index contributed by atoms with van der Waals surface area (Å²) in [4.78, 5) is 12.1. The van der Waals surface area contributed by atoms with E-state index in [2.05, 4.69) is 5.32 Å². The van der Waals surface area contributed by atoms with Crippen LogP contribution < -0.4 is 14.8 Å². The van der Waals surface area contributed by atoms with E-state index in [9.17, 15) is 4.79 Å². The van der Waals surface area contributed by atoms with Crippen LogP contribution in [0.5, 0.6) is 11.5 Å². The monoisotopic (exact) mass is 375 g/mol. The fraction of sp³-hybridized carbons (Fsp3) is 0.105. The van der Waals surface area contributed by atoms with E-state index in [0.29, 0.717) is 28.1 Å². The summed E-state index contributed by atoms with van der Waals surface area (Å²) in [5, 5.41) is 3.89. The smallest absolute Gasteiger partial charge is 0.248 e. The van der Waals surface area contributed by atoms with E-state index in [1.165, 1.54) is 13.2 Å². The highest BCUT2D eigenvalue weighted by Crippen LogP contribution is 2.30. The topological polar surface area (TPSA) is 47.6 Å². The third-order valence-electron chi connectivity index (χ3n) is 3.58. The molecule has 6 heteroatoms. The van der Waals surface area contributed by atoms with Crippen LogP contribution in [0.25, 0.3) is 6.08 Å². The Morgan fingerprint density at radius 1 is 1.20 bits per heavy atom.